The zero-order valence-electron chi connectivity index (χ0n) is 20.3. The van der Waals surface area contributed by atoms with Gasteiger partial charge in [0.15, 0.2) is 11.5 Å². The fourth-order valence-corrected chi connectivity index (χ4v) is 4.86. The Morgan fingerprint density at radius 3 is 2.31 bits per heavy atom. The van der Waals surface area contributed by atoms with Crippen molar-refractivity contribution in [1.29, 1.82) is 0 Å². The Labute approximate surface area is 209 Å². The van der Waals surface area contributed by atoms with Crippen LogP contribution in [-0.2, 0) is 14.4 Å². The molecular weight excluding hydrogens is 466 g/mol. The highest BCUT2D eigenvalue weighted by Crippen LogP contribution is 2.36. The van der Waals surface area contributed by atoms with Crippen molar-refractivity contribution in [2.45, 2.75) is 12.5 Å². The molecule has 2 saturated heterocycles. The lowest BCUT2D eigenvalue weighted by atomic mass is 10.1. The molecule has 0 saturated carbocycles. The van der Waals surface area contributed by atoms with E-state index in [0.29, 0.717) is 54.9 Å². The first-order valence-corrected chi connectivity index (χ1v) is 12.0. The smallest absolute Gasteiger partial charge is 0.267 e. The molecule has 2 fully saturated rings. The van der Waals surface area contributed by atoms with Crippen molar-refractivity contribution in [2.24, 2.45) is 5.92 Å². The largest absolute Gasteiger partial charge is 0.497 e. The van der Waals surface area contributed by atoms with Crippen molar-refractivity contribution in [2.75, 3.05) is 58.5 Å². The minimum absolute atomic E-state index is 0.0726. The minimum atomic E-state index is -0.706. The summed E-state index contributed by atoms with van der Waals surface area (Å²) < 4.78 is 22.2. The molecule has 2 atom stereocenters. The van der Waals surface area contributed by atoms with Crippen LogP contribution in [0.25, 0.3) is 0 Å². The highest BCUT2D eigenvalue weighted by molar-refractivity contribution is 6.01. The summed E-state index contributed by atoms with van der Waals surface area (Å²) in [6.07, 6.45) is -0.567. The summed E-state index contributed by atoms with van der Waals surface area (Å²) in [4.78, 5) is 44.1. The van der Waals surface area contributed by atoms with Crippen LogP contribution in [0.3, 0.4) is 0 Å². The van der Waals surface area contributed by atoms with Gasteiger partial charge >= 0.3 is 0 Å². The third-order valence-corrected chi connectivity index (χ3v) is 6.84. The monoisotopic (exact) mass is 495 g/mol. The fourth-order valence-electron chi connectivity index (χ4n) is 4.86. The normalized spacial score (nSPS) is 21.4. The summed E-state index contributed by atoms with van der Waals surface area (Å²) in [6, 6.07) is 12.5. The quantitative estimate of drug-likeness (QED) is 0.621. The number of fused-ring (bicyclic) bond motifs is 1. The topological polar surface area (TPSA) is 97.9 Å². The van der Waals surface area contributed by atoms with Crippen molar-refractivity contribution in [1.82, 2.24) is 9.80 Å². The van der Waals surface area contributed by atoms with Crippen LogP contribution in [0.1, 0.15) is 6.42 Å². The number of methoxy groups -OCH3 is 2. The van der Waals surface area contributed by atoms with Gasteiger partial charge in [0.25, 0.3) is 5.91 Å². The maximum Gasteiger partial charge on any atom is 0.267 e. The SMILES string of the molecule is COc1ccc(N2C[C@H](C(=O)N3CCN(C(=O)[C@H]4COc5ccccc5O4)CC3)CC2=O)c(OC)c1. The van der Waals surface area contributed by atoms with Crippen molar-refractivity contribution < 1.29 is 33.3 Å². The fraction of sp³-hybridized carbons (Fsp3) is 0.423. The molecule has 2 aromatic rings. The molecule has 10 heteroatoms. The van der Waals surface area contributed by atoms with Gasteiger partial charge in [0.1, 0.15) is 18.1 Å². The Morgan fingerprint density at radius 2 is 1.61 bits per heavy atom. The van der Waals surface area contributed by atoms with Gasteiger partial charge in [-0.15, -0.1) is 0 Å². The molecule has 2 aromatic carbocycles. The first-order valence-electron chi connectivity index (χ1n) is 12.0. The van der Waals surface area contributed by atoms with Gasteiger partial charge in [-0.25, -0.2) is 0 Å². The molecule has 0 aliphatic carbocycles. The van der Waals surface area contributed by atoms with Crippen molar-refractivity contribution in [3.8, 4) is 23.0 Å². The van der Waals surface area contributed by atoms with Crippen LogP contribution in [0.2, 0.25) is 0 Å². The first kappa shape index (κ1) is 23.8. The number of carbonyl (C=O) groups excluding carboxylic acids is 3. The molecule has 3 aliphatic heterocycles. The number of piperazine rings is 1. The molecule has 10 nitrogen and oxygen atoms in total. The average Bonchev–Trinajstić information content (AvgIpc) is 3.32. The second kappa shape index (κ2) is 9.96. The number of para-hydroxylation sites is 2. The van der Waals surface area contributed by atoms with E-state index in [2.05, 4.69) is 0 Å². The molecule has 0 spiro atoms. The highest BCUT2D eigenvalue weighted by atomic mass is 16.6. The summed E-state index contributed by atoms with van der Waals surface area (Å²) in [7, 11) is 3.10. The molecule has 3 heterocycles. The summed E-state index contributed by atoms with van der Waals surface area (Å²) in [5.41, 5.74) is 0.616. The zero-order valence-corrected chi connectivity index (χ0v) is 20.3. The van der Waals surface area contributed by atoms with E-state index < -0.39 is 12.0 Å². The third kappa shape index (κ3) is 4.50. The summed E-state index contributed by atoms with van der Waals surface area (Å²) in [5.74, 6) is 1.53. The minimum Gasteiger partial charge on any atom is -0.497 e. The molecule has 36 heavy (non-hydrogen) atoms. The maximum atomic E-state index is 13.2. The second-order valence-electron chi connectivity index (χ2n) is 8.96. The first-order chi connectivity index (χ1) is 17.5. The molecule has 190 valence electrons. The van der Waals surface area contributed by atoms with Gasteiger partial charge in [-0.1, -0.05) is 12.1 Å². The van der Waals surface area contributed by atoms with E-state index in [1.165, 1.54) is 7.11 Å². The van der Waals surface area contributed by atoms with Gasteiger partial charge in [-0.3, -0.25) is 14.4 Å². The standard InChI is InChI=1S/C26H29N3O7/c1-33-18-7-8-19(22(14-18)34-2)29-15-17(13-24(29)30)25(31)27-9-11-28(12-10-27)26(32)23-16-35-20-5-3-4-6-21(20)36-23/h3-8,14,17,23H,9-13,15-16H2,1-2H3/t17-,23-/m1/s1. The number of anilines is 1. The molecular formula is C26H29N3O7. The van der Waals surface area contributed by atoms with Crippen LogP contribution in [0.15, 0.2) is 42.5 Å². The number of amides is 3. The lowest BCUT2D eigenvalue weighted by Crippen LogP contribution is -2.56. The lowest BCUT2D eigenvalue weighted by Gasteiger charge is -2.38. The van der Waals surface area contributed by atoms with Gasteiger partial charge in [-0.05, 0) is 24.3 Å². The number of benzene rings is 2. The number of carbonyl (C=O) groups is 3. The van der Waals surface area contributed by atoms with E-state index in [1.54, 1.807) is 52.1 Å². The molecule has 0 N–H and O–H groups in total. The van der Waals surface area contributed by atoms with Crippen LogP contribution in [0.4, 0.5) is 5.69 Å². The van der Waals surface area contributed by atoms with E-state index in [0.717, 1.165) is 0 Å². The van der Waals surface area contributed by atoms with Gasteiger partial charge in [0, 0.05) is 45.2 Å². The van der Waals surface area contributed by atoms with E-state index >= 15 is 0 Å². The second-order valence-corrected chi connectivity index (χ2v) is 8.96. The summed E-state index contributed by atoms with van der Waals surface area (Å²) >= 11 is 0. The lowest BCUT2D eigenvalue weighted by molar-refractivity contribution is -0.147. The number of rotatable bonds is 5. The number of hydrogen-bond acceptors (Lipinski definition) is 7. The predicted molar refractivity (Wildman–Crippen MR) is 130 cm³/mol. The van der Waals surface area contributed by atoms with Crippen molar-refractivity contribution >= 4 is 23.4 Å². The molecule has 3 amide bonds. The Bertz CT molecular complexity index is 1160. The molecule has 0 radical (unpaired) electrons. The van der Waals surface area contributed by atoms with Crippen LogP contribution in [0, 0.1) is 5.92 Å². The van der Waals surface area contributed by atoms with E-state index in [-0.39, 0.29) is 37.3 Å². The zero-order chi connectivity index (χ0) is 25.2. The van der Waals surface area contributed by atoms with Crippen LogP contribution in [0.5, 0.6) is 23.0 Å². The number of ether oxygens (including phenoxy) is 4. The number of hydrogen-bond donors (Lipinski definition) is 0. The predicted octanol–water partition coefficient (Wildman–Crippen LogP) is 1.57. The Kier molecular flexibility index (Phi) is 6.58. The summed E-state index contributed by atoms with van der Waals surface area (Å²) in [5, 5.41) is 0. The van der Waals surface area contributed by atoms with Crippen LogP contribution < -0.4 is 23.8 Å². The van der Waals surface area contributed by atoms with Crippen LogP contribution in [-0.4, -0.2) is 87.2 Å². The Morgan fingerprint density at radius 1 is 0.917 bits per heavy atom. The van der Waals surface area contributed by atoms with E-state index in [4.69, 9.17) is 18.9 Å². The third-order valence-electron chi connectivity index (χ3n) is 6.84. The molecule has 3 aliphatic rings. The van der Waals surface area contributed by atoms with E-state index in [9.17, 15) is 14.4 Å². The molecule has 0 aromatic heterocycles. The van der Waals surface area contributed by atoms with Crippen molar-refractivity contribution in [3.63, 3.8) is 0 Å². The number of nitrogens with zero attached hydrogens (tertiary/aromatic N) is 3. The Hall–Kier alpha value is -3.95. The molecule has 0 unspecified atom stereocenters. The molecule has 5 rings (SSSR count). The van der Waals surface area contributed by atoms with Gasteiger partial charge in [0.2, 0.25) is 17.9 Å². The van der Waals surface area contributed by atoms with Gasteiger partial charge in [0.05, 0.1) is 25.8 Å². The van der Waals surface area contributed by atoms with Gasteiger partial charge in [-0.2, -0.15) is 0 Å². The maximum absolute atomic E-state index is 13.2. The van der Waals surface area contributed by atoms with Crippen LogP contribution >= 0.6 is 0 Å². The highest BCUT2D eigenvalue weighted by Gasteiger charge is 2.40. The Balaban J connectivity index is 1.17. The van der Waals surface area contributed by atoms with Gasteiger partial charge < -0.3 is 33.6 Å². The van der Waals surface area contributed by atoms with Crippen molar-refractivity contribution in [3.05, 3.63) is 42.5 Å². The summed E-state index contributed by atoms with van der Waals surface area (Å²) in [6.45, 7) is 2.07. The average molecular weight is 496 g/mol. The molecule has 0 bridgehead atoms. The van der Waals surface area contributed by atoms with E-state index in [1.807, 2.05) is 12.1 Å².